The Balaban J connectivity index is 1.66. The lowest BCUT2D eigenvalue weighted by atomic mass is 9.82. The highest BCUT2D eigenvalue weighted by atomic mass is 32.2. The van der Waals surface area contributed by atoms with Crippen LogP contribution in [0.5, 0.6) is 0 Å². The Morgan fingerprint density at radius 2 is 1.83 bits per heavy atom. The summed E-state index contributed by atoms with van der Waals surface area (Å²) in [4.78, 5) is 12.8. The first-order valence-electron chi connectivity index (χ1n) is 8.09. The molecule has 4 nitrogen and oxygen atoms in total. The van der Waals surface area contributed by atoms with Crippen molar-refractivity contribution in [1.82, 2.24) is 5.32 Å². The third-order valence-electron chi connectivity index (χ3n) is 4.50. The smallest absolute Gasteiger partial charge is 0.227 e. The molecule has 1 atom stereocenters. The van der Waals surface area contributed by atoms with E-state index in [1.807, 2.05) is 18.2 Å². The van der Waals surface area contributed by atoms with Gasteiger partial charge in [0, 0.05) is 12.8 Å². The lowest BCUT2D eigenvalue weighted by Crippen LogP contribution is -2.31. The Labute approximate surface area is 142 Å². The van der Waals surface area contributed by atoms with Crippen molar-refractivity contribution in [3.8, 4) is 0 Å². The molecule has 0 aliphatic heterocycles. The Kier molecular flexibility index (Phi) is 4.71. The van der Waals surface area contributed by atoms with E-state index in [9.17, 15) is 13.2 Å². The molecule has 1 amide bonds. The Morgan fingerprint density at radius 3 is 2.54 bits per heavy atom. The first kappa shape index (κ1) is 16.7. The highest BCUT2D eigenvalue weighted by molar-refractivity contribution is 7.90. The third kappa shape index (κ3) is 3.67. The molecule has 1 aliphatic carbocycles. The van der Waals surface area contributed by atoms with Gasteiger partial charge in [0.1, 0.15) is 0 Å². The Morgan fingerprint density at radius 1 is 1.12 bits per heavy atom. The lowest BCUT2D eigenvalue weighted by Gasteiger charge is -2.24. The van der Waals surface area contributed by atoms with Gasteiger partial charge in [-0.15, -0.1) is 0 Å². The van der Waals surface area contributed by atoms with Crippen LogP contribution in [-0.4, -0.2) is 20.6 Å². The molecule has 1 N–H and O–H groups in total. The van der Waals surface area contributed by atoms with Crippen LogP contribution in [0.1, 0.15) is 35.4 Å². The third-order valence-corrected chi connectivity index (χ3v) is 5.63. The highest BCUT2D eigenvalue weighted by Crippen LogP contribution is 2.31. The van der Waals surface area contributed by atoms with Crippen LogP contribution in [0.3, 0.4) is 0 Å². The number of benzene rings is 2. The number of rotatable bonds is 4. The summed E-state index contributed by atoms with van der Waals surface area (Å²) >= 11 is 0. The lowest BCUT2D eigenvalue weighted by molar-refractivity contribution is -0.123. The Hall–Kier alpha value is -2.14. The predicted molar refractivity (Wildman–Crippen MR) is 93.5 cm³/mol. The topological polar surface area (TPSA) is 63.2 Å². The molecule has 0 saturated heterocycles. The average molecular weight is 343 g/mol. The summed E-state index contributed by atoms with van der Waals surface area (Å²) in [5.74, 6) is -0.0559. The van der Waals surface area contributed by atoms with Crippen molar-refractivity contribution in [2.75, 3.05) is 6.26 Å². The highest BCUT2D eigenvalue weighted by Gasteiger charge is 2.25. The number of carbonyl (C=O) groups is 1. The molecular weight excluding hydrogens is 322 g/mol. The van der Waals surface area contributed by atoms with E-state index in [1.54, 1.807) is 24.3 Å². The van der Waals surface area contributed by atoms with Crippen molar-refractivity contribution in [3.05, 3.63) is 65.2 Å². The van der Waals surface area contributed by atoms with Gasteiger partial charge in [0.05, 0.1) is 10.8 Å². The largest absolute Gasteiger partial charge is 0.351 e. The predicted octanol–water partition coefficient (Wildman–Crippen LogP) is 2.83. The molecule has 0 heterocycles. The SMILES string of the molecule is CS(=O)(=O)c1ccc(CNC(=O)[C@@H]2CCCc3ccccc32)cc1. The van der Waals surface area contributed by atoms with Gasteiger partial charge in [-0.3, -0.25) is 4.79 Å². The van der Waals surface area contributed by atoms with Crippen LogP contribution in [0.25, 0.3) is 0 Å². The van der Waals surface area contributed by atoms with Gasteiger partial charge in [-0.05, 0) is 48.1 Å². The normalized spacial score (nSPS) is 17.1. The van der Waals surface area contributed by atoms with E-state index >= 15 is 0 Å². The number of nitrogens with one attached hydrogen (secondary N) is 1. The molecule has 0 bridgehead atoms. The maximum Gasteiger partial charge on any atom is 0.227 e. The molecule has 0 fully saturated rings. The standard InChI is InChI=1S/C19H21NO3S/c1-24(22,23)16-11-9-14(10-12-16)13-20-19(21)18-8-4-6-15-5-2-3-7-17(15)18/h2-3,5,7,9-12,18H,4,6,8,13H2,1H3,(H,20,21)/t18-/m1/s1. The zero-order valence-corrected chi connectivity index (χ0v) is 14.5. The molecule has 0 saturated carbocycles. The quantitative estimate of drug-likeness (QED) is 0.928. The molecule has 0 spiro atoms. The number of fused-ring (bicyclic) bond motifs is 1. The summed E-state index contributed by atoms with van der Waals surface area (Å²) < 4.78 is 22.9. The van der Waals surface area contributed by atoms with Gasteiger partial charge >= 0.3 is 0 Å². The monoisotopic (exact) mass is 343 g/mol. The first-order chi connectivity index (χ1) is 11.4. The fourth-order valence-electron chi connectivity index (χ4n) is 3.19. The Bertz CT molecular complexity index is 841. The summed E-state index contributed by atoms with van der Waals surface area (Å²) in [5, 5.41) is 2.98. The summed E-state index contributed by atoms with van der Waals surface area (Å²) in [6.07, 6.45) is 4.12. The van der Waals surface area contributed by atoms with Crippen molar-refractivity contribution < 1.29 is 13.2 Å². The second kappa shape index (κ2) is 6.77. The van der Waals surface area contributed by atoms with E-state index in [0.717, 1.165) is 30.4 Å². The number of sulfone groups is 1. The van der Waals surface area contributed by atoms with E-state index in [2.05, 4.69) is 11.4 Å². The maximum absolute atomic E-state index is 12.6. The second-order valence-electron chi connectivity index (χ2n) is 6.28. The van der Waals surface area contributed by atoms with Gasteiger partial charge in [0.15, 0.2) is 9.84 Å². The minimum atomic E-state index is -3.19. The van der Waals surface area contributed by atoms with Crippen LogP contribution in [0.4, 0.5) is 0 Å². The number of hydrogen-bond donors (Lipinski definition) is 1. The number of hydrogen-bond acceptors (Lipinski definition) is 3. The summed E-state index contributed by atoms with van der Waals surface area (Å²) in [5.41, 5.74) is 3.29. The first-order valence-corrected chi connectivity index (χ1v) is 9.99. The molecule has 0 unspecified atom stereocenters. The number of carbonyl (C=O) groups excluding carboxylic acids is 1. The fraction of sp³-hybridized carbons (Fsp3) is 0.316. The molecule has 2 aromatic carbocycles. The van der Waals surface area contributed by atoms with Crippen molar-refractivity contribution >= 4 is 15.7 Å². The zero-order valence-electron chi connectivity index (χ0n) is 13.7. The average Bonchev–Trinajstić information content (AvgIpc) is 2.59. The number of aryl methyl sites for hydroxylation is 1. The molecule has 1 aliphatic rings. The van der Waals surface area contributed by atoms with E-state index < -0.39 is 9.84 Å². The summed E-state index contributed by atoms with van der Waals surface area (Å²) in [6.45, 7) is 0.404. The summed E-state index contributed by atoms with van der Waals surface area (Å²) in [7, 11) is -3.19. The molecule has 0 radical (unpaired) electrons. The van der Waals surface area contributed by atoms with Crippen molar-refractivity contribution in [3.63, 3.8) is 0 Å². The molecule has 3 rings (SSSR count). The molecule has 2 aromatic rings. The zero-order chi connectivity index (χ0) is 17.2. The van der Waals surface area contributed by atoms with Gasteiger partial charge in [-0.2, -0.15) is 0 Å². The number of amides is 1. The minimum absolute atomic E-state index is 0.0364. The summed E-state index contributed by atoms with van der Waals surface area (Å²) in [6, 6.07) is 14.8. The van der Waals surface area contributed by atoms with Crippen LogP contribution in [0.2, 0.25) is 0 Å². The molecule has 24 heavy (non-hydrogen) atoms. The molecule has 0 aromatic heterocycles. The van der Waals surface area contributed by atoms with E-state index in [0.29, 0.717) is 11.4 Å². The van der Waals surface area contributed by atoms with E-state index in [-0.39, 0.29) is 11.8 Å². The van der Waals surface area contributed by atoms with Crippen LogP contribution in [0, 0.1) is 0 Å². The maximum atomic E-state index is 12.6. The van der Waals surface area contributed by atoms with E-state index in [1.165, 1.54) is 11.8 Å². The van der Waals surface area contributed by atoms with Crippen LogP contribution >= 0.6 is 0 Å². The fourth-order valence-corrected chi connectivity index (χ4v) is 3.82. The van der Waals surface area contributed by atoms with Crippen LogP contribution in [0.15, 0.2) is 53.4 Å². The van der Waals surface area contributed by atoms with Crippen LogP contribution in [-0.2, 0) is 27.6 Å². The van der Waals surface area contributed by atoms with E-state index in [4.69, 9.17) is 0 Å². The van der Waals surface area contributed by atoms with Crippen molar-refractivity contribution in [2.45, 2.75) is 36.6 Å². The van der Waals surface area contributed by atoms with Crippen LogP contribution < -0.4 is 5.32 Å². The molecular formula is C19H21NO3S. The van der Waals surface area contributed by atoms with Gasteiger partial charge < -0.3 is 5.32 Å². The van der Waals surface area contributed by atoms with Gasteiger partial charge in [0.25, 0.3) is 0 Å². The van der Waals surface area contributed by atoms with Gasteiger partial charge in [-0.25, -0.2) is 8.42 Å². The minimum Gasteiger partial charge on any atom is -0.351 e. The van der Waals surface area contributed by atoms with Gasteiger partial charge in [-0.1, -0.05) is 36.4 Å². The molecule has 5 heteroatoms. The van der Waals surface area contributed by atoms with Crippen molar-refractivity contribution in [1.29, 1.82) is 0 Å². The van der Waals surface area contributed by atoms with Gasteiger partial charge in [0.2, 0.25) is 5.91 Å². The van der Waals surface area contributed by atoms with Crippen molar-refractivity contribution in [2.24, 2.45) is 0 Å². The second-order valence-corrected chi connectivity index (χ2v) is 8.29. The molecule has 126 valence electrons.